The third-order valence-electron chi connectivity index (χ3n) is 2.82. The van der Waals surface area contributed by atoms with E-state index in [0.717, 1.165) is 24.2 Å². The molecule has 0 saturated heterocycles. The summed E-state index contributed by atoms with van der Waals surface area (Å²) in [6.45, 7) is 2.61. The lowest BCUT2D eigenvalue weighted by Crippen LogP contribution is -2.15. The maximum absolute atomic E-state index is 11.6. The van der Waals surface area contributed by atoms with Crippen LogP contribution in [-0.2, 0) is 6.42 Å². The van der Waals surface area contributed by atoms with Crippen LogP contribution in [0.1, 0.15) is 17.7 Å². The molecule has 2 rings (SSSR count). The van der Waals surface area contributed by atoms with Crippen molar-refractivity contribution in [1.29, 1.82) is 0 Å². The number of rotatable bonds is 4. The second-order valence-electron chi connectivity index (χ2n) is 4.13. The molecule has 0 amide bonds. The second-order valence-corrected chi connectivity index (χ2v) is 4.13. The van der Waals surface area contributed by atoms with Crippen LogP contribution in [0, 0.1) is 6.92 Å². The predicted octanol–water partition coefficient (Wildman–Crippen LogP) is 1.37. The number of nitrogens with zero attached hydrogens (tertiary/aromatic N) is 1. The molecular weight excluding hydrogens is 214 g/mol. The van der Waals surface area contributed by atoms with Gasteiger partial charge in [-0.2, -0.15) is 0 Å². The molecule has 0 aliphatic heterocycles. The van der Waals surface area contributed by atoms with Crippen molar-refractivity contribution in [2.24, 2.45) is 5.73 Å². The number of benzene rings is 1. The molecule has 0 saturated carbocycles. The van der Waals surface area contributed by atoms with Gasteiger partial charge in [-0.15, -0.1) is 0 Å². The smallest absolute Gasteiger partial charge is 0.330 e. The molecule has 3 N–H and O–H groups in total. The number of aryl methyl sites for hydroxylation is 2. The molecule has 0 radical (unpaired) electrons. The Morgan fingerprint density at radius 1 is 1.29 bits per heavy atom. The number of hydrogen-bond donors (Lipinski definition) is 2. The van der Waals surface area contributed by atoms with E-state index in [2.05, 4.69) is 4.98 Å². The summed E-state index contributed by atoms with van der Waals surface area (Å²) in [5, 5.41) is 0. The topological polar surface area (TPSA) is 63.8 Å². The van der Waals surface area contributed by atoms with Crippen molar-refractivity contribution in [3.63, 3.8) is 0 Å². The van der Waals surface area contributed by atoms with Gasteiger partial charge in [0.2, 0.25) is 0 Å². The van der Waals surface area contributed by atoms with Crippen molar-refractivity contribution in [3.05, 3.63) is 52.2 Å². The van der Waals surface area contributed by atoms with Crippen LogP contribution < -0.4 is 11.4 Å². The Labute approximate surface area is 100 Å². The van der Waals surface area contributed by atoms with Crippen molar-refractivity contribution in [2.45, 2.75) is 19.8 Å². The molecule has 1 aromatic carbocycles. The summed E-state index contributed by atoms with van der Waals surface area (Å²) in [4.78, 5) is 14.3. The second kappa shape index (κ2) is 5.01. The highest BCUT2D eigenvalue weighted by atomic mass is 16.1. The number of aromatic nitrogens is 2. The van der Waals surface area contributed by atoms with Crippen LogP contribution in [0.5, 0.6) is 0 Å². The monoisotopic (exact) mass is 231 g/mol. The van der Waals surface area contributed by atoms with E-state index in [1.807, 2.05) is 31.2 Å². The largest absolute Gasteiger partial charge is 0.330 e. The van der Waals surface area contributed by atoms with Crippen molar-refractivity contribution in [3.8, 4) is 5.69 Å². The Morgan fingerprint density at radius 2 is 2.00 bits per heavy atom. The first-order chi connectivity index (χ1) is 8.22. The molecule has 0 spiro atoms. The SMILES string of the molecule is Cc1c[nH]c(=O)n1-c1ccc(CCCN)cc1. The number of imidazole rings is 1. The zero-order valence-electron chi connectivity index (χ0n) is 9.94. The third kappa shape index (κ3) is 2.47. The molecule has 1 aromatic heterocycles. The summed E-state index contributed by atoms with van der Waals surface area (Å²) in [5.41, 5.74) is 8.43. The first-order valence-electron chi connectivity index (χ1n) is 5.79. The summed E-state index contributed by atoms with van der Waals surface area (Å²) in [6, 6.07) is 8.02. The van der Waals surface area contributed by atoms with Gasteiger partial charge in [-0.05, 0) is 44.0 Å². The molecule has 0 atom stereocenters. The Balaban J connectivity index is 2.27. The van der Waals surface area contributed by atoms with E-state index >= 15 is 0 Å². The van der Waals surface area contributed by atoms with Crippen molar-refractivity contribution < 1.29 is 0 Å². The van der Waals surface area contributed by atoms with Crippen LogP contribution in [0.2, 0.25) is 0 Å². The quantitative estimate of drug-likeness (QED) is 0.834. The number of nitrogens with two attached hydrogens (primary N) is 1. The van der Waals surface area contributed by atoms with Crippen molar-refractivity contribution >= 4 is 0 Å². The van der Waals surface area contributed by atoms with Gasteiger partial charge in [-0.25, -0.2) is 4.79 Å². The van der Waals surface area contributed by atoms with E-state index in [4.69, 9.17) is 5.73 Å². The summed E-state index contributed by atoms with van der Waals surface area (Å²) in [6.07, 6.45) is 3.69. The fraction of sp³-hybridized carbons (Fsp3) is 0.308. The molecule has 1 heterocycles. The van der Waals surface area contributed by atoms with Crippen LogP contribution in [0.4, 0.5) is 0 Å². The van der Waals surface area contributed by atoms with E-state index < -0.39 is 0 Å². The standard InChI is InChI=1S/C13H17N3O/c1-10-9-15-13(17)16(10)12-6-4-11(5-7-12)3-2-8-14/h4-7,9H,2-3,8,14H2,1H3,(H,15,17). The van der Waals surface area contributed by atoms with Gasteiger partial charge in [0.15, 0.2) is 0 Å². The van der Waals surface area contributed by atoms with Crippen molar-refractivity contribution in [1.82, 2.24) is 9.55 Å². The van der Waals surface area contributed by atoms with E-state index in [-0.39, 0.29) is 5.69 Å². The van der Waals surface area contributed by atoms with E-state index in [1.165, 1.54) is 5.56 Å². The van der Waals surface area contributed by atoms with Crippen LogP contribution in [0.15, 0.2) is 35.3 Å². The lowest BCUT2D eigenvalue weighted by atomic mass is 10.1. The third-order valence-corrected chi connectivity index (χ3v) is 2.82. The van der Waals surface area contributed by atoms with Crippen LogP contribution in [0.3, 0.4) is 0 Å². The molecule has 2 aromatic rings. The Morgan fingerprint density at radius 3 is 2.53 bits per heavy atom. The molecule has 0 aliphatic rings. The number of aromatic amines is 1. The Kier molecular flexibility index (Phi) is 3.44. The highest BCUT2D eigenvalue weighted by Crippen LogP contribution is 2.11. The Bertz CT molecular complexity index is 537. The highest BCUT2D eigenvalue weighted by molar-refractivity contribution is 5.36. The average Bonchev–Trinajstić information content (AvgIpc) is 2.67. The van der Waals surface area contributed by atoms with Gasteiger partial charge >= 0.3 is 5.69 Å². The van der Waals surface area contributed by atoms with Crippen molar-refractivity contribution in [2.75, 3.05) is 6.54 Å². The molecule has 0 fully saturated rings. The number of nitrogens with one attached hydrogen (secondary N) is 1. The molecule has 90 valence electrons. The van der Waals surface area contributed by atoms with E-state index in [1.54, 1.807) is 10.8 Å². The molecule has 0 unspecified atom stereocenters. The number of H-pyrrole nitrogens is 1. The van der Waals surface area contributed by atoms with Crippen LogP contribution in [0.25, 0.3) is 5.69 Å². The lowest BCUT2D eigenvalue weighted by molar-refractivity contribution is 0.831. The summed E-state index contributed by atoms with van der Waals surface area (Å²) < 4.78 is 1.66. The van der Waals surface area contributed by atoms with Gasteiger partial charge in [0.1, 0.15) is 0 Å². The summed E-state index contributed by atoms with van der Waals surface area (Å²) in [5.74, 6) is 0. The Hall–Kier alpha value is -1.81. The first-order valence-corrected chi connectivity index (χ1v) is 5.79. The van der Waals surface area contributed by atoms with Gasteiger partial charge in [-0.1, -0.05) is 12.1 Å². The van der Waals surface area contributed by atoms with Gasteiger partial charge in [0, 0.05) is 11.9 Å². The minimum absolute atomic E-state index is 0.0998. The van der Waals surface area contributed by atoms with Gasteiger partial charge in [-0.3, -0.25) is 4.57 Å². The summed E-state index contributed by atoms with van der Waals surface area (Å²) in [7, 11) is 0. The zero-order chi connectivity index (χ0) is 12.3. The van der Waals surface area contributed by atoms with E-state index in [0.29, 0.717) is 6.54 Å². The molecular formula is C13H17N3O. The maximum atomic E-state index is 11.6. The van der Waals surface area contributed by atoms with Gasteiger partial charge in [0.05, 0.1) is 5.69 Å². The lowest BCUT2D eigenvalue weighted by Gasteiger charge is -2.05. The van der Waals surface area contributed by atoms with E-state index in [9.17, 15) is 4.79 Å². The summed E-state index contributed by atoms with van der Waals surface area (Å²) >= 11 is 0. The zero-order valence-corrected chi connectivity index (χ0v) is 9.94. The van der Waals surface area contributed by atoms with Crippen LogP contribution in [-0.4, -0.2) is 16.1 Å². The molecule has 0 aliphatic carbocycles. The molecule has 0 bridgehead atoms. The minimum Gasteiger partial charge on any atom is -0.330 e. The molecule has 4 nitrogen and oxygen atoms in total. The number of hydrogen-bond acceptors (Lipinski definition) is 2. The normalized spacial score (nSPS) is 10.7. The van der Waals surface area contributed by atoms with Gasteiger partial charge in [0.25, 0.3) is 0 Å². The highest BCUT2D eigenvalue weighted by Gasteiger charge is 2.04. The van der Waals surface area contributed by atoms with Crippen LogP contribution >= 0.6 is 0 Å². The van der Waals surface area contributed by atoms with Gasteiger partial charge < -0.3 is 10.7 Å². The fourth-order valence-electron chi connectivity index (χ4n) is 1.89. The predicted molar refractivity (Wildman–Crippen MR) is 68.5 cm³/mol. The minimum atomic E-state index is -0.0998. The molecule has 17 heavy (non-hydrogen) atoms. The average molecular weight is 231 g/mol. The molecule has 4 heteroatoms. The fourth-order valence-corrected chi connectivity index (χ4v) is 1.89. The first kappa shape index (κ1) is 11.7. The maximum Gasteiger partial charge on any atom is 0.330 e.